The van der Waals surface area contributed by atoms with E-state index < -0.39 is 0 Å². The number of nitrogens with one attached hydrogen (secondary N) is 1. The van der Waals surface area contributed by atoms with Crippen molar-refractivity contribution in [3.05, 3.63) is 21.0 Å². The van der Waals surface area contributed by atoms with E-state index in [2.05, 4.69) is 39.5 Å². The van der Waals surface area contributed by atoms with Gasteiger partial charge in [-0.3, -0.25) is 4.79 Å². The third kappa shape index (κ3) is 5.57. The molecule has 0 aliphatic heterocycles. The van der Waals surface area contributed by atoms with Crippen molar-refractivity contribution in [2.45, 2.75) is 39.2 Å². The van der Waals surface area contributed by atoms with Gasteiger partial charge in [-0.1, -0.05) is 13.3 Å². The van der Waals surface area contributed by atoms with E-state index in [-0.39, 0.29) is 5.56 Å². The normalized spacial score (nSPS) is 10.7. The van der Waals surface area contributed by atoms with Crippen LogP contribution < -0.4 is 10.9 Å². The van der Waals surface area contributed by atoms with Crippen molar-refractivity contribution in [2.75, 3.05) is 23.9 Å². The smallest absolute Gasteiger partial charge is 0.283 e. The molecule has 0 aliphatic carbocycles. The van der Waals surface area contributed by atoms with Crippen molar-refractivity contribution in [1.29, 1.82) is 0 Å². The van der Waals surface area contributed by atoms with Crippen molar-refractivity contribution in [1.82, 2.24) is 9.78 Å². The van der Waals surface area contributed by atoms with Crippen molar-refractivity contribution in [2.24, 2.45) is 0 Å². The molecule has 4 nitrogen and oxygen atoms in total. The third-order valence-corrected chi connectivity index (χ3v) is 4.26. The number of rotatable bonds is 9. The molecule has 1 aromatic rings. The van der Waals surface area contributed by atoms with E-state index in [0.29, 0.717) is 11.0 Å². The van der Waals surface area contributed by atoms with Crippen LogP contribution in [0.1, 0.15) is 32.6 Å². The molecule has 19 heavy (non-hydrogen) atoms. The molecule has 0 fully saturated rings. The Morgan fingerprint density at radius 2 is 2.21 bits per heavy atom. The number of thioether (sulfide) groups is 1. The minimum atomic E-state index is -0.0532. The fourth-order valence-electron chi connectivity index (χ4n) is 1.65. The second kappa shape index (κ2) is 9.42. The molecule has 0 aliphatic rings. The molecule has 1 aromatic heterocycles. The van der Waals surface area contributed by atoms with Crippen molar-refractivity contribution >= 4 is 33.4 Å². The molecular formula is C13H22BrN3OS. The summed E-state index contributed by atoms with van der Waals surface area (Å²) >= 11 is 5.23. The Morgan fingerprint density at radius 1 is 1.42 bits per heavy atom. The second-order valence-electron chi connectivity index (χ2n) is 4.38. The molecule has 1 heterocycles. The first-order chi connectivity index (χ1) is 9.20. The van der Waals surface area contributed by atoms with Crippen LogP contribution in [0.3, 0.4) is 0 Å². The highest BCUT2D eigenvalue weighted by molar-refractivity contribution is 9.10. The largest absolute Gasteiger partial charge is 0.383 e. The number of aromatic nitrogens is 2. The Hall–Kier alpha value is -0.490. The summed E-state index contributed by atoms with van der Waals surface area (Å²) in [5, 5.41) is 7.46. The van der Waals surface area contributed by atoms with E-state index in [4.69, 9.17) is 0 Å². The summed E-state index contributed by atoms with van der Waals surface area (Å²) in [6, 6.07) is 0. The fraction of sp³-hybridized carbons (Fsp3) is 0.692. The SMILES string of the molecule is CCCCn1ncc(NCCCCSC)c(Br)c1=O. The van der Waals surface area contributed by atoms with E-state index in [1.807, 2.05) is 11.8 Å². The molecule has 0 amide bonds. The quantitative estimate of drug-likeness (QED) is 0.695. The lowest BCUT2D eigenvalue weighted by molar-refractivity contribution is 0.541. The topological polar surface area (TPSA) is 46.9 Å². The molecule has 1 N–H and O–H groups in total. The maximum Gasteiger partial charge on any atom is 0.283 e. The van der Waals surface area contributed by atoms with Crippen LogP contribution in [-0.4, -0.2) is 28.3 Å². The van der Waals surface area contributed by atoms with E-state index in [1.54, 1.807) is 6.20 Å². The summed E-state index contributed by atoms with van der Waals surface area (Å²) in [6.45, 7) is 3.66. The molecule has 0 spiro atoms. The lowest BCUT2D eigenvalue weighted by Crippen LogP contribution is -2.24. The predicted molar refractivity (Wildman–Crippen MR) is 87.2 cm³/mol. The standard InChI is InChI=1S/C13H22BrN3OS/c1-3-4-8-17-13(18)12(14)11(10-16-17)15-7-5-6-9-19-2/h10,15H,3-9H2,1-2H3. The van der Waals surface area contributed by atoms with Gasteiger partial charge in [0.25, 0.3) is 5.56 Å². The van der Waals surface area contributed by atoms with Crippen molar-refractivity contribution in [3.8, 4) is 0 Å². The molecule has 0 saturated carbocycles. The number of aryl methyl sites for hydroxylation is 1. The lowest BCUT2D eigenvalue weighted by Gasteiger charge is -2.10. The number of unbranched alkanes of at least 4 members (excludes halogenated alkanes) is 2. The van der Waals surface area contributed by atoms with Crippen molar-refractivity contribution < 1.29 is 0 Å². The van der Waals surface area contributed by atoms with E-state index in [9.17, 15) is 4.79 Å². The first-order valence-corrected chi connectivity index (χ1v) is 8.87. The number of nitrogens with zero attached hydrogens (tertiary/aromatic N) is 2. The van der Waals surface area contributed by atoms with Crippen LogP contribution in [0.15, 0.2) is 15.5 Å². The fourth-order valence-corrected chi connectivity index (χ4v) is 2.59. The zero-order chi connectivity index (χ0) is 14.1. The van der Waals surface area contributed by atoms with Crippen LogP contribution in [0, 0.1) is 0 Å². The highest BCUT2D eigenvalue weighted by atomic mass is 79.9. The highest BCUT2D eigenvalue weighted by Crippen LogP contribution is 2.16. The number of hydrogen-bond acceptors (Lipinski definition) is 4. The van der Waals surface area contributed by atoms with Gasteiger partial charge >= 0.3 is 0 Å². The summed E-state index contributed by atoms with van der Waals surface area (Å²) < 4.78 is 2.11. The predicted octanol–water partition coefficient (Wildman–Crippen LogP) is 3.36. The average molecular weight is 348 g/mol. The number of anilines is 1. The van der Waals surface area contributed by atoms with Crippen LogP contribution in [0.5, 0.6) is 0 Å². The van der Waals surface area contributed by atoms with Gasteiger partial charge in [-0.2, -0.15) is 16.9 Å². The second-order valence-corrected chi connectivity index (χ2v) is 6.16. The summed E-state index contributed by atoms with van der Waals surface area (Å²) in [7, 11) is 0. The molecule has 0 atom stereocenters. The first-order valence-electron chi connectivity index (χ1n) is 6.69. The Bertz CT molecular complexity index is 436. The zero-order valence-electron chi connectivity index (χ0n) is 11.6. The molecule has 0 unspecified atom stereocenters. The van der Waals surface area contributed by atoms with Crippen LogP contribution in [0.2, 0.25) is 0 Å². The van der Waals surface area contributed by atoms with Gasteiger partial charge in [0.15, 0.2) is 0 Å². The number of hydrogen-bond donors (Lipinski definition) is 1. The maximum atomic E-state index is 12.0. The van der Waals surface area contributed by atoms with Crippen LogP contribution in [-0.2, 0) is 6.54 Å². The van der Waals surface area contributed by atoms with Crippen LogP contribution in [0.25, 0.3) is 0 Å². The van der Waals surface area contributed by atoms with E-state index in [0.717, 1.165) is 31.5 Å². The van der Waals surface area contributed by atoms with Gasteiger partial charge in [-0.05, 0) is 47.2 Å². The Labute approximate surface area is 127 Å². The summed E-state index contributed by atoms with van der Waals surface area (Å²) in [5.41, 5.74) is 0.740. The molecule has 0 radical (unpaired) electrons. The monoisotopic (exact) mass is 347 g/mol. The summed E-state index contributed by atoms with van der Waals surface area (Å²) in [5.74, 6) is 1.18. The lowest BCUT2D eigenvalue weighted by atomic mass is 10.3. The maximum absolute atomic E-state index is 12.0. The Kier molecular flexibility index (Phi) is 8.21. The third-order valence-electron chi connectivity index (χ3n) is 2.80. The van der Waals surface area contributed by atoms with E-state index in [1.165, 1.54) is 16.9 Å². The Balaban J connectivity index is 2.56. The minimum Gasteiger partial charge on any atom is -0.383 e. The minimum absolute atomic E-state index is 0.0532. The van der Waals surface area contributed by atoms with Gasteiger partial charge in [0, 0.05) is 13.1 Å². The summed E-state index contributed by atoms with van der Waals surface area (Å²) in [4.78, 5) is 12.0. The van der Waals surface area contributed by atoms with Crippen molar-refractivity contribution in [3.63, 3.8) is 0 Å². The zero-order valence-corrected chi connectivity index (χ0v) is 14.0. The van der Waals surface area contributed by atoms with Gasteiger partial charge in [-0.15, -0.1) is 0 Å². The average Bonchev–Trinajstić information content (AvgIpc) is 2.42. The molecule has 0 bridgehead atoms. The van der Waals surface area contributed by atoms with Gasteiger partial charge in [0.05, 0.1) is 11.9 Å². The van der Waals surface area contributed by atoms with Gasteiger partial charge in [-0.25, -0.2) is 4.68 Å². The van der Waals surface area contributed by atoms with Gasteiger partial charge in [0.2, 0.25) is 0 Å². The van der Waals surface area contributed by atoms with Gasteiger partial charge < -0.3 is 5.32 Å². The first kappa shape index (κ1) is 16.6. The summed E-state index contributed by atoms with van der Waals surface area (Å²) in [6.07, 6.45) is 8.17. The number of halogens is 1. The highest BCUT2D eigenvalue weighted by Gasteiger charge is 2.07. The molecular weight excluding hydrogens is 326 g/mol. The van der Waals surface area contributed by atoms with Crippen LogP contribution in [0.4, 0.5) is 5.69 Å². The Morgan fingerprint density at radius 3 is 2.89 bits per heavy atom. The van der Waals surface area contributed by atoms with Crippen LogP contribution >= 0.6 is 27.7 Å². The molecule has 0 aromatic carbocycles. The molecule has 0 saturated heterocycles. The molecule has 108 valence electrons. The molecule has 6 heteroatoms. The molecule has 1 rings (SSSR count). The van der Waals surface area contributed by atoms with Gasteiger partial charge in [0.1, 0.15) is 4.47 Å². The van der Waals surface area contributed by atoms with E-state index >= 15 is 0 Å².